The summed E-state index contributed by atoms with van der Waals surface area (Å²) < 4.78 is 28.6. The second kappa shape index (κ2) is 4.02. The molecule has 0 radical (unpaired) electrons. The Morgan fingerprint density at radius 1 is 1.31 bits per heavy atom. The summed E-state index contributed by atoms with van der Waals surface area (Å²) in [6.07, 6.45) is 3.03. The molecule has 0 aliphatic rings. The van der Waals surface area contributed by atoms with Gasteiger partial charge in [-0.3, -0.25) is 0 Å². The summed E-state index contributed by atoms with van der Waals surface area (Å²) in [7, 11) is 1.72. The number of nitrogens with zero attached hydrogens (tertiary/aromatic N) is 2. The maximum Gasteiger partial charge on any atom is 0.131 e. The van der Waals surface area contributed by atoms with Crippen molar-refractivity contribution in [1.29, 1.82) is 0 Å². The van der Waals surface area contributed by atoms with Crippen molar-refractivity contribution in [2.45, 2.75) is 6.04 Å². The summed E-state index contributed by atoms with van der Waals surface area (Å²) in [4.78, 5) is 3.87. The largest absolute Gasteiger partial charge is 0.336 e. The Kier molecular flexibility index (Phi) is 2.70. The molecule has 1 heterocycles. The van der Waals surface area contributed by atoms with Gasteiger partial charge in [0.15, 0.2) is 0 Å². The molecular formula is C11H11F2N3. The van der Waals surface area contributed by atoms with Gasteiger partial charge in [0.1, 0.15) is 11.6 Å². The zero-order valence-corrected chi connectivity index (χ0v) is 8.69. The molecule has 0 bridgehead atoms. The number of aryl methyl sites for hydroxylation is 1. The summed E-state index contributed by atoms with van der Waals surface area (Å²) in [6.45, 7) is 0. The Labute approximate surface area is 91.5 Å². The number of halogens is 2. The van der Waals surface area contributed by atoms with E-state index in [2.05, 4.69) is 4.98 Å². The molecule has 1 aromatic carbocycles. The minimum absolute atomic E-state index is 0.133. The smallest absolute Gasteiger partial charge is 0.131 e. The minimum atomic E-state index is -0.853. The van der Waals surface area contributed by atoms with Crippen LogP contribution in [0.25, 0.3) is 0 Å². The van der Waals surface area contributed by atoms with Crippen LogP contribution >= 0.6 is 0 Å². The first kappa shape index (κ1) is 10.8. The highest BCUT2D eigenvalue weighted by atomic mass is 19.1. The lowest BCUT2D eigenvalue weighted by atomic mass is 10.0. The summed E-state index contributed by atoms with van der Waals surface area (Å²) >= 11 is 0. The van der Waals surface area contributed by atoms with Gasteiger partial charge in [0, 0.05) is 12.6 Å². The third-order valence-electron chi connectivity index (χ3n) is 2.48. The Morgan fingerprint density at radius 2 is 1.94 bits per heavy atom. The molecule has 1 aromatic heterocycles. The van der Waals surface area contributed by atoms with Crippen LogP contribution in [-0.4, -0.2) is 9.55 Å². The summed E-state index contributed by atoms with van der Waals surface area (Å²) in [5.41, 5.74) is 6.25. The second-order valence-electron chi connectivity index (χ2n) is 3.54. The normalized spacial score (nSPS) is 12.8. The maximum atomic E-state index is 13.5. The molecule has 2 rings (SSSR count). The molecule has 2 N–H and O–H groups in total. The average Bonchev–Trinajstić information content (AvgIpc) is 2.64. The van der Waals surface area contributed by atoms with E-state index in [0.717, 1.165) is 0 Å². The summed E-state index contributed by atoms with van der Waals surface area (Å²) in [6, 6.07) is 2.83. The molecule has 0 fully saturated rings. The Bertz CT molecular complexity index is 487. The summed E-state index contributed by atoms with van der Waals surface area (Å²) in [5, 5.41) is 0. The van der Waals surface area contributed by atoms with Crippen LogP contribution in [0.15, 0.2) is 30.7 Å². The van der Waals surface area contributed by atoms with Gasteiger partial charge < -0.3 is 10.3 Å². The first-order valence-corrected chi connectivity index (χ1v) is 4.77. The number of imidazole rings is 1. The molecule has 1 atom stereocenters. The van der Waals surface area contributed by atoms with Crippen molar-refractivity contribution in [2.24, 2.45) is 12.8 Å². The van der Waals surface area contributed by atoms with E-state index in [9.17, 15) is 8.78 Å². The van der Waals surface area contributed by atoms with Crippen molar-refractivity contribution in [3.8, 4) is 0 Å². The van der Waals surface area contributed by atoms with Crippen LogP contribution in [0.4, 0.5) is 8.78 Å². The first-order valence-electron chi connectivity index (χ1n) is 4.77. The SMILES string of the molecule is Cn1cncc1C(N)c1c(F)cccc1F. The lowest BCUT2D eigenvalue weighted by molar-refractivity contribution is 0.537. The van der Waals surface area contributed by atoms with Crippen LogP contribution in [0, 0.1) is 11.6 Å². The van der Waals surface area contributed by atoms with Crippen molar-refractivity contribution in [1.82, 2.24) is 9.55 Å². The van der Waals surface area contributed by atoms with E-state index < -0.39 is 17.7 Å². The van der Waals surface area contributed by atoms with Gasteiger partial charge in [-0.05, 0) is 12.1 Å². The van der Waals surface area contributed by atoms with Crippen LogP contribution in [0.3, 0.4) is 0 Å². The molecule has 0 spiro atoms. The van der Waals surface area contributed by atoms with Crippen LogP contribution in [0.5, 0.6) is 0 Å². The van der Waals surface area contributed by atoms with Gasteiger partial charge in [0.05, 0.1) is 24.3 Å². The van der Waals surface area contributed by atoms with Gasteiger partial charge >= 0.3 is 0 Å². The molecule has 16 heavy (non-hydrogen) atoms. The van der Waals surface area contributed by atoms with E-state index in [1.165, 1.54) is 30.7 Å². The van der Waals surface area contributed by atoms with Gasteiger partial charge in [-0.15, -0.1) is 0 Å². The number of rotatable bonds is 2. The van der Waals surface area contributed by atoms with Gasteiger partial charge in [-0.1, -0.05) is 6.07 Å². The van der Waals surface area contributed by atoms with Crippen LogP contribution in [-0.2, 0) is 7.05 Å². The molecule has 1 unspecified atom stereocenters. The van der Waals surface area contributed by atoms with E-state index in [0.29, 0.717) is 5.69 Å². The van der Waals surface area contributed by atoms with E-state index in [1.807, 2.05) is 0 Å². The molecule has 5 heteroatoms. The van der Waals surface area contributed by atoms with Crippen molar-refractivity contribution < 1.29 is 8.78 Å². The minimum Gasteiger partial charge on any atom is -0.336 e. The number of benzene rings is 1. The Morgan fingerprint density at radius 3 is 2.44 bits per heavy atom. The monoisotopic (exact) mass is 223 g/mol. The fraction of sp³-hybridized carbons (Fsp3) is 0.182. The molecule has 3 nitrogen and oxygen atoms in total. The fourth-order valence-electron chi connectivity index (χ4n) is 1.62. The Hall–Kier alpha value is -1.75. The topological polar surface area (TPSA) is 43.8 Å². The summed E-state index contributed by atoms with van der Waals surface area (Å²) in [5.74, 6) is -1.29. The number of hydrogen-bond donors (Lipinski definition) is 1. The van der Waals surface area contributed by atoms with Crippen molar-refractivity contribution in [2.75, 3.05) is 0 Å². The highest BCUT2D eigenvalue weighted by molar-refractivity contribution is 5.29. The van der Waals surface area contributed by atoms with Crippen LogP contribution < -0.4 is 5.73 Å². The van der Waals surface area contributed by atoms with Crippen molar-refractivity contribution in [3.63, 3.8) is 0 Å². The molecule has 84 valence electrons. The highest BCUT2D eigenvalue weighted by Crippen LogP contribution is 2.24. The van der Waals surface area contributed by atoms with Gasteiger partial charge in [0.25, 0.3) is 0 Å². The quantitative estimate of drug-likeness (QED) is 0.842. The molecule has 0 aliphatic heterocycles. The molecule has 0 saturated carbocycles. The van der Waals surface area contributed by atoms with Gasteiger partial charge in [0.2, 0.25) is 0 Å². The fourth-order valence-corrected chi connectivity index (χ4v) is 1.62. The third-order valence-corrected chi connectivity index (χ3v) is 2.48. The van der Waals surface area contributed by atoms with Gasteiger partial charge in [-0.25, -0.2) is 13.8 Å². The molecule has 0 saturated heterocycles. The van der Waals surface area contributed by atoms with E-state index in [1.54, 1.807) is 11.6 Å². The predicted molar refractivity (Wildman–Crippen MR) is 55.6 cm³/mol. The number of aromatic nitrogens is 2. The average molecular weight is 223 g/mol. The lowest BCUT2D eigenvalue weighted by Gasteiger charge is -2.14. The predicted octanol–water partition coefficient (Wildman–Crippen LogP) is 1.75. The highest BCUT2D eigenvalue weighted by Gasteiger charge is 2.20. The molecule has 0 amide bonds. The Balaban J connectivity index is 2.49. The van der Waals surface area contributed by atoms with E-state index in [4.69, 9.17) is 5.73 Å². The maximum absolute atomic E-state index is 13.5. The van der Waals surface area contributed by atoms with Crippen LogP contribution in [0.2, 0.25) is 0 Å². The molecule has 2 aromatic rings. The standard InChI is InChI=1S/C11H11F2N3/c1-16-6-15-5-9(16)11(14)10-7(12)3-2-4-8(10)13/h2-6,11H,14H2,1H3. The van der Waals surface area contributed by atoms with Gasteiger partial charge in [-0.2, -0.15) is 0 Å². The molecule has 0 aliphatic carbocycles. The number of nitrogens with two attached hydrogens (primary N) is 1. The van der Waals surface area contributed by atoms with Crippen LogP contribution in [0.1, 0.15) is 17.3 Å². The zero-order valence-electron chi connectivity index (χ0n) is 8.69. The van der Waals surface area contributed by atoms with Crippen molar-refractivity contribution in [3.05, 3.63) is 53.6 Å². The first-order chi connectivity index (χ1) is 7.61. The van der Waals surface area contributed by atoms with Crippen molar-refractivity contribution >= 4 is 0 Å². The lowest BCUT2D eigenvalue weighted by Crippen LogP contribution is -2.18. The number of hydrogen-bond acceptors (Lipinski definition) is 2. The van der Waals surface area contributed by atoms with E-state index >= 15 is 0 Å². The third kappa shape index (κ3) is 1.69. The zero-order chi connectivity index (χ0) is 11.7. The second-order valence-corrected chi connectivity index (χ2v) is 3.54. The molecular weight excluding hydrogens is 212 g/mol. The van der Waals surface area contributed by atoms with E-state index in [-0.39, 0.29) is 5.56 Å².